The van der Waals surface area contributed by atoms with Gasteiger partial charge in [-0.2, -0.15) is 0 Å². The van der Waals surface area contributed by atoms with Crippen molar-refractivity contribution in [2.24, 2.45) is 5.92 Å². The van der Waals surface area contributed by atoms with Crippen LogP contribution in [0.3, 0.4) is 0 Å². The molecule has 2 aliphatic rings. The highest BCUT2D eigenvalue weighted by atomic mass is 32.2. The van der Waals surface area contributed by atoms with E-state index in [1.165, 1.54) is 12.1 Å². The summed E-state index contributed by atoms with van der Waals surface area (Å²) in [6.07, 6.45) is 2.68. The van der Waals surface area contributed by atoms with Gasteiger partial charge in [0.15, 0.2) is 0 Å². The first-order valence-corrected chi connectivity index (χ1v) is 9.50. The maximum Gasteiger partial charge on any atom is 0.303 e. The second-order valence-electron chi connectivity index (χ2n) is 6.31. The number of amides is 1. The third-order valence-electron chi connectivity index (χ3n) is 4.69. The Hall–Kier alpha value is -1.93. The first kappa shape index (κ1) is 16.9. The minimum atomic E-state index is -3.69. The smallest absolute Gasteiger partial charge is 0.303 e. The van der Waals surface area contributed by atoms with Crippen LogP contribution < -0.4 is 9.62 Å². The summed E-state index contributed by atoms with van der Waals surface area (Å²) >= 11 is 0. The normalized spacial score (nSPS) is 24.0. The summed E-state index contributed by atoms with van der Waals surface area (Å²) in [4.78, 5) is 24.3. The molecule has 1 aliphatic carbocycles. The predicted octanol–water partition coefficient (Wildman–Crippen LogP) is 1.34. The first-order valence-electron chi connectivity index (χ1n) is 8.01. The lowest BCUT2D eigenvalue weighted by Gasteiger charge is -2.35. The largest absolute Gasteiger partial charge is 0.481 e. The lowest BCUT2D eigenvalue weighted by molar-refractivity contribution is -0.139. The van der Waals surface area contributed by atoms with E-state index in [4.69, 9.17) is 5.11 Å². The number of carbonyl (C=O) groups excluding carboxylic acids is 1. The lowest BCUT2D eigenvalue weighted by atomic mass is 9.78. The Morgan fingerprint density at radius 3 is 2.46 bits per heavy atom. The molecule has 1 aromatic rings. The summed E-state index contributed by atoms with van der Waals surface area (Å²) in [6, 6.07) is 5.90. The predicted molar refractivity (Wildman–Crippen MR) is 87.1 cm³/mol. The van der Waals surface area contributed by atoms with Gasteiger partial charge in [0.2, 0.25) is 15.9 Å². The summed E-state index contributed by atoms with van der Waals surface area (Å²) in [5.74, 6) is -1.02. The fourth-order valence-corrected chi connectivity index (χ4v) is 4.53. The van der Waals surface area contributed by atoms with E-state index in [-0.39, 0.29) is 29.2 Å². The molecule has 0 radical (unpaired) electrons. The highest BCUT2D eigenvalue weighted by molar-refractivity contribution is 7.89. The van der Waals surface area contributed by atoms with Crippen LogP contribution in [0.5, 0.6) is 0 Å². The Balaban J connectivity index is 1.68. The first-order chi connectivity index (χ1) is 11.4. The monoisotopic (exact) mass is 352 g/mol. The number of hydrogen-bond acceptors (Lipinski definition) is 4. The number of hydrogen-bond donors (Lipinski definition) is 2. The number of carboxylic acid groups (broad SMARTS) is 1. The number of sulfonamides is 1. The van der Waals surface area contributed by atoms with Crippen molar-refractivity contribution in [2.45, 2.75) is 43.0 Å². The molecule has 3 rings (SSSR count). The van der Waals surface area contributed by atoms with Crippen LogP contribution in [0.25, 0.3) is 0 Å². The molecule has 0 aromatic heterocycles. The van der Waals surface area contributed by atoms with E-state index in [1.54, 1.807) is 17.0 Å². The SMILES string of the molecule is O=C(O)CC1CCC1NS(=O)(=O)c1ccc(N2CCCC2=O)cc1. The van der Waals surface area contributed by atoms with Gasteiger partial charge in [-0.3, -0.25) is 9.59 Å². The number of nitrogens with zero attached hydrogens (tertiary/aromatic N) is 1. The maximum absolute atomic E-state index is 12.4. The number of carboxylic acids is 1. The highest BCUT2D eigenvalue weighted by Gasteiger charge is 2.35. The van der Waals surface area contributed by atoms with Crippen molar-refractivity contribution in [3.63, 3.8) is 0 Å². The Bertz CT molecular complexity index is 744. The fraction of sp³-hybridized carbons (Fsp3) is 0.500. The zero-order valence-corrected chi connectivity index (χ0v) is 14.0. The molecule has 1 saturated carbocycles. The molecule has 130 valence electrons. The molecule has 2 fully saturated rings. The molecule has 1 saturated heterocycles. The van der Waals surface area contributed by atoms with E-state index in [0.717, 1.165) is 12.8 Å². The molecular formula is C16H20N2O5S. The minimum absolute atomic E-state index is 0.0246. The summed E-state index contributed by atoms with van der Waals surface area (Å²) in [7, 11) is -3.69. The zero-order chi connectivity index (χ0) is 17.3. The Labute approximate surface area is 140 Å². The Morgan fingerprint density at radius 1 is 1.25 bits per heavy atom. The van der Waals surface area contributed by atoms with Crippen molar-refractivity contribution in [1.82, 2.24) is 4.72 Å². The molecule has 7 nitrogen and oxygen atoms in total. The fourth-order valence-electron chi connectivity index (χ4n) is 3.19. The molecule has 1 heterocycles. The average molecular weight is 352 g/mol. The maximum atomic E-state index is 12.4. The average Bonchev–Trinajstić information content (AvgIpc) is 2.96. The lowest BCUT2D eigenvalue weighted by Crippen LogP contribution is -2.47. The van der Waals surface area contributed by atoms with Gasteiger partial charge in [-0.25, -0.2) is 13.1 Å². The van der Waals surface area contributed by atoms with Gasteiger partial charge in [-0.05, 0) is 49.4 Å². The van der Waals surface area contributed by atoms with Crippen LogP contribution in [0.15, 0.2) is 29.2 Å². The van der Waals surface area contributed by atoms with Crippen LogP contribution in [0.4, 0.5) is 5.69 Å². The molecule has 8 heteroatoms. The molecule has 2 atom stereocenters. The van der Waals surface area contributed by atoms with E-state index >= 15 is 0 Å². The third kappa shape index (κ3) is 3.44. The molecular weight excluding hydrogens is 332 g/mol. The molecule has 1 aromatic carbocycles. The Kier molecular flexibility index (Phi) is 4.60. The van der Waals surface area contributed by atoms with Gasteiger partial charge in [-0.15, -0.1) is 0 Å². The van der Waals surface area contributed by atoms with Crippen molar-refractivity contribution in [2.75, 3.05) is 11.4 Å². The van der Waals surface area contributed by atoms with Crippen LogP contribution >= 0.6 is 0 Å². The van der Waals surface area contributed by atoms with Gasteiger partial charge in [-0.1, -0.05) is 0 Å². The van der Waals surface area contributed by atoms with Gasteiger partial charge in [0.25, 0.3) is 0 Å². The summed E-state index contributed by atoms with van der Waals surface area (Å²) in [5, 5.41) is 8.83. The van der Waals surface area contributed by atoms with Gasteiger partial charge in [0.1, 0.15) is 0 Å². The number of benzene rings is 1. The van der Waals surface area contributed by atoms with E-state index in [0.29, 0.717) is 25.1 Å². The number of aliphatic carboxylic acids is 1. The van der Waals surface area contributed by atoms with Crippen LogP contribution in [-0.2, 0) is 19.6 Å². The van der Waals surface area contributed by atoms with Crippen LogP contribution in [0.1, 0.15) is 32.1 Å². The van der Waals surface area contributed by atoms with E-state index in [9.17, 15) is 18.0 Å². The topological polar surface area (TPSA) is 104 Å². The van der Waals surface area contributed by atoms with E-state index in [1.807, 2.05) is 0 Å². The number of nitrogens with one attached hydrogen (secondary N) is 1. The summed E-state index contributed by atoms with van der Waals surface area (Å²) in [6.45, 7) is 0.655. The number of anilines is 1. The van der Waals surface area contributed by atoms with Crippen molar-refractivity contribution in [1.29, 1.82) is 0 Å². The zero-order valence-electron chi connectivity index (χ0n) is 13.1. The van der Waals surface area contributed by atoms with Crippen molar-refractivity contribution in [3.8, 4) is 0 Å². The molecule has 0 spiro atoms. The van der Waals surface area contributed by atoms with Gasteiger partial charge < -0.3 is 10.0 Å². The number of rotatable bonds is 6. The quantitative estimate of drug-likeness (QED) is 0.804. The standard InChI is InChI=1S/C16H20N2O5S/c19-15-2-1-9-18(15)12-4-6-13(7-5-12)24(22,23)17-14-8-3-11(14)10-16(20)21/h4-7,11,14,17H,1-3,8-10H2,(H,20,21). The molecule has 2 unspecified atom stereocenters. The van der Waals surface area contributed by atoms with Gasteiger partial charge in [0.05, 0.1) is 4.90 Å². The van der Waals surface area contributed by atoms with E-state index in [2.05, 4.69) is 4.72 Å². The second kappa shape index (κ2) is 6.52. The summed E-state index contributed by atoms with van der Waals surface area (Å²) in [5.41, 5.74) is 0.698. The molecule has 1 aliphatic heterocycles. The molecule has 1 amide bonds. The van der Waals surface area contributed by atoms with Crippen molar-refractivity contribution in [3.05, 3.63) is 24.3 Å². The summed E-state index contributed by atoms with van der Waals surface area (Å²) < 4.78 is 27.4. The number of carbonyl (C=O) groups is 2. The highest BCUT2D eigenvalue weighted by Crippen LogP contribution is 2.32. The van der Waals surface area contributed by atoms with E-state index < -0.39 is 16.0 Å². The minimum Gasteiger partial charge on any atom is -0.481 e. The van der Waals surface area contributed by atoms with Crippen LogP contribution in [0, 0.1) is 5.92 Å². The van der Waals surface area contributed by atoms with Crippen LogP contribution in [-0.4, -0.2) is 38.0 Å². The second-order valence-corrected chi connectivity index (χ2v) is 8.02. The van der Waals surface area contributed by atoms with Gasteiger partial charge >= 0.3 is 5.97 Å². The molecule has 0 bridgehead atoms. The third-order valence-corrected chi connectivity index (χ3v) is 6.20. The van der Waals surface area contributed by atoms with Crippen molar-refractivity contribution < 1.29 is 23.1 Å². The van der Waals surface area contributed by atoms with Crippen molar-refractivity contribution >= 4 is 27.6 Å². The molecule has 2 N–H and O–H groups in total. The van der Waals surface area contributed by atoms with Crippen LogP contribution in [0.2, 0.25) is 0 Å². The molecule has 24 heavy (non-hydrogen) atoms. The van der Waals surface area contributed by atoms with Gasteiger partial charge in [0, 0.05) is 31.1 Å². The Morgan fingerprint density at radius 2 is 1.96 bits per heavy atom.